The Labute approximate surface area is 161 Å². The van der Waals surface area contributed by atoms with Gasteiger partial charge in [0.05, 0.1) is 14.2 Å². The van der Waals surface area contributed by atoms with Gasteiger partial charge in [0.2, 0.25) is 5.91 Å². The Morgan fingerprint density at radius 1 is 1.00 bits per heavy atom. The quantitative estimate of drug-likeness (QED) is 0.526. The van der Waals surface area contributed by atoms with Crippen LogP contribution >= 0.6 is 15.9 Å². The number of ketones is 1. The smallest absolute Gasteiger partial charge is 0.244 e. The van der Waals surface area contributed by atoms with Crippen molar-refractivity contribution >= 4 is 27.6 Å². The molecule has 136 valence electrons. The number of halogens is 1. The molecule has 1 amide bonds. The lowest BCUT2D eigenvalue weighted by Crippen LogP contribution is -2.23. The Morgan fingerprint density at radius 2 is 1.69 bits per heavy atom. The van der Waals surface area contributed by atoms with E-state index in [1.165, 1.54) is 12.2 Å². The summed E-state index contributed by atoms with van der Waals surface area (Å²) in [6.07, 6.45) is 3.16. The van der Waals surface area contributed by atoms with Crippen molar-refractivity contribution < 1.29 is 19.1 Å². The van der Waals surface area contributed by atoms with Gasteiger partial charge >= 0.3 is 0 Å². The molecule has 0 aromatic heterocycles. The van der Waals surface area contributed by atoms with E-state index in [1.54, 1.807) is 38.5 Å². The number of hydrogen-bond acceptors (Lipinski definition) is 4. The van der Waals surface area contributed by atoms with Gasteiger partial charge in [-0.25, -0.2) is 0 Å². The number of benzene rings is 2. The van der Waals surface area contributed by atoms with Crippen LogP contribution in [0.1, 0.15) is 15.9 Å². The number of rotatable bonds is 8. The van der Waals surface area contributed by atoms with Gasteiger partial charge in [0, 0.05) is 22.7 Å². The van der Waals surface area contributed by atoms with Crippen LogP contribution in [0.15, 0.2) is 59.1 Å². The lowest BCUT2D eigenvalue weighted by Gasteiger charge is -2.09. The maximum absolute atomic E-state index is 12.0. The van der Waals surface area contributed by atoms with Crippen LogP contribution in [0.3, 0.4) is 0 Å². The fourth-order valence-corrected chi connectivity index (χ4v) is 2.55. The fraction of sp³-hybridized carbons (Fsp3) is 0.200. The van der Waals surface area contributed by atoms with Gasteiger partial charge in [-0.2, -0.15) is 0 Å². The molecule has 0 saturated heterocycles. The third-order valence-corrected chi connectivity index (χ3v) is 4.20. The van der Waals surface area contributed by atoms with E-state index in [2.05, 4.69) is 21.2 Å². The molecule has 0 aliphatic rings. The van der Waals surface area contributed by atoms with Crippen LogP contribution in [0.2, 0.25) is 0 Å². The molecule has 0 unspecified atom stereocenters. The van der Waals surface area contributed by atoms with Gasteiger partial charge in [0.25, 0.3) is 0 Å². The van der Waals surface area contributed by atoms with Crippen LogP contribution in [0, 0.1) is 0 Å². The van der Waals surface area contributed by atoms with Crippen molar-refractivity contribution in [2.45, 2.75) is 6.42 Å². The predicted molar refractivity (Wildman–Crippen MR) is 104 cm³/mol. The second-order valence-corrected chi connectivity index (χ2v) is 6.35. The largest absolute Gasteiger partial charge is 0.493 e. The standard InChI is InChI=1S/C20H20BrNO4/c1-25-18-9-3-14(13-19(18)26-2)11-12-22-20(24)10-8-17(23)15-4-6-16(21)7-5-15/h3-10,13H,11-12H2,1-2H3,(H,22,24)/b10-8+. The second kappa shape index (κ2) is 9.77. The maximum atomic E-state index is 12.0. The first-order valence-corrected chi connectivity index (χ1v) is 8.79. The van der Waals surface area contributed by atoms with Gasteiger partial charge in [-0.15, -0.1) is 0 Å². The zero-order valence-corrected chi connectivity index (χ0v) is 16.2. The molecule has 0 heterocycles. The predicted octanol–water partition coefficient (Wildman–Crippen LogP) is 3.56. The molecule has 0 bridgehead atoms. The lowest BCUT2D eigenvalue weighted by molar-refractivity contribution is -0.116. The lowest BCUT2D eigenvalue weighted by atomic mass is 10.1. The number of carbonyl (C=O) groups is 2. The SMILES string of the molecule is COc1ccc(CCNC(=O)/C=C/C(=O)c2ccc(Br)cc2)cc1OC. The summed E-state index contributed by atoms with van der Waals surface area (Å²) in [6.45, 7) is 0.450. The van der Waals surface area contributed by atoms with Gasteiger partial charge in [0.1, 0.15) is 0 Å². The number of allylic oxidation sites excluding steroid dienone is 1. The van der Waals surface area contributed by atoms with Crippen molar-refractivity contribution in [1.29, 1.82) is 0 Å². The maximum Gasteiger partial charge on any atom is 0.244 e. The van der Waals surface area contributed by atoms with Crippen molar-refractivity contribution in [2.24, 2.45) is 0 Å². The minimum absolute atomic E-state index is 0.215. The molecule has 2 aromatic rings. The summed E-state index contributed by atoms with van der Waals surface area (Å²) in [4.78, 5) is 23.8. The Bertz CT molecular complexity index is 800. The minimum Gasteiger partial charge on any atom is -0.493 e. The topological polar surface area (TPSA) is 64.6 Å². The number of nitrogens with one attached hydrogen (secondary N) is 1. The average Bonchev–Trinajstić information content (AvgIpc) is 2.66. The highest BCUT2D eigenvalue weighted by atomic mass is 79.9. The van der Waals surface area contributed by atoms with Crippen molar-refractivity contribution in [2.75, 3.05) is 20.8 Å². The van der Waals surface area contributed by atoms with E-state index >= 15 is 0 Å². The normalized spacial score (nSPS) is 10.6. The molecular weight excluding hydrogens is 398 g/mol. The van der Waals surface area contributed by atoms with Crippen molar-refractivity contribution in [3.8, 4) is 11.5 Å². The first-order chi connectivity index (χ1) is 12.5. The summed E-state index contributed by atoms with van der Waals surface area (Å²) in [6, 6.07) is 12.6. The van der Waals surface area contributed by atoms with E-state index in [1.807, 2.05) is 18.2 Å². The number of hydrogen-bond donors (Lipinski definition) is 1. The molecule has 0 radical (unpaired) electrons. The van der Waals surface area contributed by atoms with E-state index in [0.29, 0.717) is 30.0 Å². The van der Waals surface area contributed by atoms with E-state index in [9.17, 15) is 9.59 Å². The third-order valence-electron chi connectivity index (χ3n) is 3.68. The van der Waals surface area contributed by atoms with Gasteiger partial charge < -0.3 is 14.8 Å². The van der Waals surface area contributed by atoms with E-state index in [4.69, 9.17) is 9.47 Å². The van der Waals surface area contributed by atoms with E-state index < -0.39 is 0 Å². The summed E-state index contributed by atoms with van der Waals surface area (Å²) < 4.78 is 11.3. The number of ether oxygens (including phenoxy) is 2. The van der Waals surface area contributed by atoms with Crippen LogP contribution in [0.4, 0.5) is 0 Å². The van der Waals surface area contributed by atoms with Crippen LogP contribution in [0.25, 0.3) is 0 Å². The van der Waals surface area contributed by atoms with Gasteiger partial charge in [-0.05, 0) is 54.5 Å². The zero-order chi connectivity index (χ0) is 18.9. The molecule has 2 aromatic carbocycles. The Hall–Kier alpha value is -2.60. The molecule has 0 aliphatic carbocycles. The van der Waals surface area contributed by atoms with Crippen LogP contribution in [0.5, 0.6) is 11.5 Å². The van der Waals surface area contributed by atoms with Crippen molar-refractivity contribution in [1.82, 2.24) is 5.32 Å². The minimum atomic E-state index is -0.309. The molecular formula is C20H20BrNO4. The summed E-state index contributed by atoms with van der Waals surface area (Å²) in [7, 11) is 3.16. The van der Waals surface area contributed by atoms with Crippen LogP contribution in [-0.2, 0) is 11.2 Å². The summed E-state index contributed by atoms with van der Waals surface area (Å²) in [5.74, 6) is 0.787. The Balaban J connectivity index is 1.83. The molecule has 0 aliphatic heterocycles. The first-order valence-electron chi connectivity index (χ1n) is 8.00. The number of carbonyl (C=O) groups excluding carboxylic acids is 2. The average molecular weight is 418 g/mol. The van der Waals surface area contributed by atoms with Crippen molar-refractivity contribution in [3.05, 3.63) is 70.2 Å². The van der Waals surface area contributed by atoms with Crippen LogP contribution < -0.4 is 14.8 Å². The van der Waals surface area contributed by atoms with Crippen molar-refractivity contribution in [3.63, 3.8) is 0 Å². The Morgan fingerprint density at radius 3 is 2.35 bits per heavy atom. The highest BCUT2D eigenvalue weighted by Gasteiger charge is 2.05. The Kier molecular flexibility index (Phi) is 7.41. The molecule has 0 atom stereocenters. The highest BCUT2D eigenvalue weighted by Crippen LogP contribution is 2.27. The zero-order valence-electron chi connectivity index (χ0n) is 14.6. The third kappa shape index (κ3) is 5.74. The molecule has 0 saturated carbocycles. The molecule has 0 spiro atoms. The number of amides is 1. The van der Waals surface area contributed by atoms with Gasteiger partial charge in [-0.3, -0.25) is 9.59 Å². The number of methoxy groups -OCH3 is 2. The van der Waals surface area contributed by atoms with E-state index in [0.717, 1.165) is 10.0 Å². The molecule has 5 nitrogen and oxygen atoms in total. The first kappa shape index (κ1) is 19.7. The monoisotopic (exact) mass is 417 g/mol. The van der Waals surface area contributed by atoms with Gasteiger partial charge in [0.15, 0.2) is 17.3 Å². The second-order valence-electron chi connectivity index (χ2n) is 5.43. The summed E-state index contributed by atoms with van der Waals surface area (Å²) in [5.41, 5.74) is 1.54. The summed E-state index contributed by atoms with van der Waals surface area (Å²) >= 11 is 3.31. The fourth-order valence-electron chi connectivity index (χ4n) is 2.29. The van der Waals surface area contributed by atoms with E-state index in [-0.39, 0.29) is 11.7 Å². The van der Waals surface area contributed by atoms with Gasteiger partial charge in [-0.1, -0.05) is 22.0 Å². The molecule has 6 heteroatoms. The summed E-state index contributed by atoms with van der Waals surface area (Å²) in [5, 5.41) is 2.76. The van der Waals surface area contributed by atoms with Crippen LogP contribution in [-0.4, -0.2) is 32.5 Å². The molecule has 2 rings (SSSR count). The highest BCUT2D eigenvalue weighted by molar-refractivity contribution is 9.10. The molecule has 26 heavy (non-hydrogen) atoms. The molecule has 0 fully saturated rings. The molecule has 1 N–H and O–H groups in total.